The summed E-state index contributed by atoms with van der Waals surface area (Å²) >= 11 is 0. The lowest BCUT2D eigenvalue weighted by Crippen LogP contribution is -2.37. The lowest BCUT2D eigenvalue weighted by atomic mass is 10.1. The molecule has 188 valence electrons. The number of aromatic nitrogens is 2. The van der Waals surface area contributed by atoms with Crippen LogP contribution in [-0.4, -0.2) is 66.4 Å². The Balaban J connectivity index is 1.33. The zero-order valence-electron chi connectivity index (χ0n) is 20.5. The fraction of sp³-hybridized carbons (Fsp3) is 0.214. The molecule has 9 heteroatoms. The number of nitrogens with zero attached hydrogens (tertiary/aromatic N) is 4. The first kappa shape index (κ1) is 24.2. The third-order valence-corrected chi connectivity index (χ3v) is 6.26. The van der Waals surface area contributed by atoms with Gasteiger partial charge in [-0.25, -0.2) is 0 Å². The van der Waals surface area contributed by atoms with Crippen molar-refractivity contribution in [2.24, 2.45) is 0 Å². The van der Waals surface area contributed by atoms with Gasteiger partial charge in [0.15, 0.2) is 5.69 Å². The summed E-state index contributed by atoms with van der Waals surface area (Å²) in [5.41, 5.74) is 2.04. The van der Waals surface area contributed by atoms with E-state index in [-0.39, 0.29) is 23.7 Å². The van der Waals surface area contributed by atoms with Crippen LogP contribution in [0.2, 0.25) is 0 Å². The SMILES string of the molecule is CN(CC(=O)Nc1ccc(N2CCOCC2)cc1)C(=O)c1nn(-c2ccccc2)c(=O)c2ccccc12. The molecule has 4 aromatic rings. The normalized spacial score (nSPS) is 13.4. The smallest absolute Gasteiger partial charge is 0.279 e. The average molecular weight is 498 g/mol. The van der Waals surface area contributed by atoms with Crippen molar-refractivity contribution in [3.8, 4) is 5.69 Å². The van der Waals surface area contributed by atoms with Crippen LogP contribution in [0.1, 0.15) is 10.5 Å². The predicted octanol–water partition coefficient (Wildman–Crippen LogP) is 2.93. The minimum absolute atomic E-state index is 0.101. The van der Waals surface area contributed by atoms with E-state index in [9.17, 15) is 14.4 Å². The number of anilines is 2. The molecular formula is C28H27N5O4. The van der Waals surface area contributed by atoms with E-state index in [1.807, 2.05) is 30.3 Å². The molecule has 1 saturated heterocycles. The highest BCUT2D eigenvalue weighted by molar-refractivity contribution is 6.06. The standard InChI is InChI=1S/C28H27N5O4/c1-31(19-25(34)29-20-11-13-21(14-12-20)32-15-17-37-18-16-32)28(36)26-23-9-5-6-10-24(23)27(35)33(30-26)22-7-3-2-4-8-22/h2-14H,15-19H2,1H3,(H,29,34). The van der Waals surface area contributed by atoms with Gasteiger partial charge in [0.25, 0.3) is 11.5 Å². The molecule has 1 aromatic heterocycles. The van der Waals surface area contributed by atoms with E-state index < -0.39 is 5.91 Å². The Bertz CT molecular complexity index is 1480. The number of ether oxygens (including phenoxy) is 1. The van der Waals surface area contributed by atoms with Crippen LogP contribution < -0.4 is 15.8 Å². The molecule has 0 saturated carbocycles. The number of likely N-dealkylation sites (N-methyl/N-ethyl adjacent to an activating group) is 1. The lowest BCUT2D eigenvalue weighted by Gasteiger charge is -2.28. The Kier molecular flexibility index (Phi) is 6.96. The zero-order chi connectivity index (χ0) is 25.8. The Morgan fingerprint density at radius 2 is 1.54 bits per heavy atom. The number of hydrogen-bond acceptors (Lipinski definition) is 6. The highest BCUT2D eigenvalue weighted by Crippen LogP contribution is 2.20. The number of benzene rings is 3. The van der Waals surface area contributed by atoms with Gasteiger partial charge in [0.1, 0.15) is 0 Å². The first-order valence-corrected chi connectivity index (χ1v) is 12.1. The Hall–Kier alpha value is -4.50. The van der Waals surface area contributed by atoms with E-state index >= 15 is 0 Å². The first-order valence-electron chi connectivity index (χ1n) is 12.1. The van der Waals surface area contributed by atoms with E-state index in [0.29, 0.717) is 35.4 Å². The van der Waals surface area contributed by atoms with Crippen LogP contribution in [0.15, 0.2) is 83.7 Å². The monoisotopic (exact) mass is 497 g/mol. The molecule has 0 aliphatic carbocycles. The van der Waals surface area contributed by atoms with Gasteiger partial charge >= 0.3 is 0 Å². The maximum absolute atomic E-state index is 13.4. The van der Waals surface area contributed by atoms with Crippen molar-refractivity contribution in [2.75, 3.05) is 50.1 Å². The maximum atomic E-state index is 13.4. The predicted molar refractivity (Wildman–Crippen MR) is 142 cm³/mol. The third kappa shape index (κ3) is 5.22. The molecule has 1 fully saturated rings. The zero-order valence-corrected chi connectivity index (χ0v) is 20.5. The van der Waals surface area contributed by atoms with Gasteiger partial charge in [-0.15, -0.1) is 0 Å². The molecular weight excluding hydrogens is 470 g/mol. The van der Waals surface area contributed by atoms with Gasteiger partial charge in [0, 0.05) is 36.9 Å². The summed E-state index contributed by atoms with van der Waals surface area (Å²) in [7, 11) is 1.54. The van der Waals surface area contributed by atoms with Crippen LogP contribution in [-0.2, 0) is 9.53 Å². The molecule has 1 N–H and O–H groups in total. The number of para-hydroxylation sites is 1. The number of carbonyl (C=O) groups is 2. The Labute approximate surface area is 213 Å². The second kappa shape index (κ2) is 10.6. The van der Waals surface area contributed by atoms with Crippen LogP contribution in [0, 0.1) is 0 Å². The summed E-state index contributed by atoms with van der Waals surface area (Å²) in [6.45, 7) is 2.89. The molecule has 0 spiro atoms. The van der Waals surface area contributed by atoms with Crippen LogP contribution in [0.25, 0.3) is 16.5 Å². The van der Waals surface area contributed by atoms with E-state index in [1.165, 1.54) is 16.6 Å². The van der Waals surface area contributed by atoms with Gasteiger partial charge < -0.3 is 19.9 Å². The van der Waals surface area contributed by atoms with Gasteiger partial charge in [-0.3, -0.25) is 14.4 Å². The molecule has 0 unspecified atom stereocenters. The minimum atomic E-state index is -0.460. The van der Waals surface area contributed by atoms with Crippen LogP contribution >= 0.6 is 0 Å². The summed E-state index contributed by atoms with van der Waals surface area (Å²) in [5, 5.41) is 8.06. The van der Waals surface area contributed by atoms with Gasteiger partial charge in [0.05, 0.1) is 30.8 Å². The van der Waals surface area contributed by atoms with Crippen molar-refractivity contribution >= 4 is 34.0 Å². The molecule has 2 heterocycles. The van der Waals surface area contributed by atoms with Crippen molar-refractivity contribution in [3.63, 3.8) is 0 Å². The topological polar surface area (TPSA) is 96.8 Å². The van der Waals surface area contributed by atoms with Crippen LogP contribution in [0.5, 0.6) is 0 Å². The van der Waals surface area contributed by atoms with Gasteiger partial charge in [-0.2, -0.15) is 9.78 Å². The number of morpholine rings is 1. The van der Waals surface area contributed by atoms with Crippen molar-refractivity contribution < 1.29 is 14.3 Å². The molecule has 0 bridgehead atoms. The highest BCUT2D eigenvalue weighted by atomic mass is 16.5. The molecule has 0 atom stereocenters. The van der Waals surface area contributed by atoms with Crippen molar-refractivity contribution in [3.05, 3.63) is 94.9 Å². The number of fused-ring (bicyclic) bond motifs is 1. The molecule has 1 aliphatic heterocycles. The van der Waals surface area contributed by atoms with E-state index in [2.05, 4.69) is 15.3 Å². The number of hydrogen-bond donors (Lipinski definition) is 1. The fourth-order valence-electron chi connectivity index (χ4n) is 4.34. The molecule has 37 heavy (non-hydrogen) atoms. The van der Waals surface area contributed by atoms with E-state index in [4.69, 9.17) is 4.74 Å². The number of rotatable bonds is 6. The molecule has 0 radical (unpaired) electrons. The fourth-order valence-corrected chi connectivity index (χ4v) is 4.34. The number of carbonyl (C=O) groups excluding carboxylic acids is 2. The summed E-state index contributed by atoms with van der Waals surface area (Å²) < 4.78 is 6.61. The van der Waals surface area contributed by atoms with Crippen molar-refractivity contribution in [1.29, 1.82) is 0 Å². The number of nitrogens with one attached hydrogen (secondary N) is 1. The maximum Gasteiger partial charge on any atom is 0.279 e. The quantitative estimate of drug-likeness (QED) is 0.440. The summed E-state index contributed by atoms with van der Waals surface area (Å²) in [6.07, 6.45) is 0. The van der Waals surface area contributed by atoms with Gasteiger partial charge in [0.2, 0.25) is 5.91 Å². The van der Waals surface area contributed by atoms with Gasteiger partial charge in [-0.05, 0) is 42.5 Å². The van der Waals surface area contributed by atoms with Crippen LogP contribution in [0.4, 0.5) is 11.4 Å². The van der Waals surface area contributed by atoms with E-state index in [1.54, 1.807) is 48.5 Å². The Morgan fingerprint density at radius 3 is 2.24 bits per heavy atom. The average Bonchev–Trinajstić information content (AvgIpc) is 2.94. The third-order valence-electron chi connectivity index (χ3n) is 6.26. The minimum Gasteiger partial charge on any atom is -0.378 e. The second-order valence-electron chi connectivity index (χ2n) is 8.80. The first-order chi connectivity index (χ1) is 18.0. The summed E-state index contributed by atoms with van der Waals surface area (Å²) in [6, 6.07) is 23.4. The molecule has 5 rings (SSSR count). The highest BCUT2D eigenvalue weighted by Gasteiger charge is 2.22. The van der Waals surface area contributed by atoms with Crippen molar-refractivity contribution in [1.82, 2.24) is 14.7 Å². The van der Waals surface area contributed by atoms with Crippen LogP contribution in [0.3, 0.4) is 0 Å². The molecule has 9 nitrogen and oxygen atoms in total. The molecule has 2 amide bonds. The lowest BCUT2D eigenvalue weighted by molar-refractivity contribution is -0.116. The largest absolute Gasteiger partial charge is 0.378 e. The number of amides is 2. The Morgan fingerprint density at radius 1 is 0.892 bits per heavy atom. The molecule has 3 aromatic carbocycles. The second-order valence-corrected chi connectivity index (χ2v) is 8.80. The van der Waals surface area contributed by atoms with Gasteiger partial charge in [-0.1, -0.05) is 36.4 Å². The summed E-state index contributed by atoms with van der Waals surface area (Å²) in [5.74, 6) is -0.797. The van der Waals surface area contributed by atoms with Crippen molar-refractivity contribution in [2.45, 2.75) is 0 Å². The van der Waals surface area contributed by atoms with E-state index in [0.717, 1.165) is 18.8 Å². The molecule has 1 aliphatic rings. The summed E-state index contributed by atoms with van der Waals surface area (Å²) in [4.78, 5) is 42.8.